The molecule has 152 valence electrons. The first-order valence-electron chi connectivity index (χ1n) is 9.39. The molecule has 0 saturated carbocycles. The van der Waals surface area contributed by atoms with Gasteiger partial charge < -0.3 is 19.8 Å². The number of ether oxygens (including phenoxy) is 1. The van der Waals surface area contributed by atoms with Gasteiger partial charge >= 0.3 is 0 Å². The SMILES string of the molecule is CC(C)C(=O)Nc1cccc(NC(=O)c2ccc(COc3ccccc3C#N)o2)c1. The van der Waals surface area contributed by atoms with E-state index in [0.717, 1.165) is 0 Å². The maximum atomic E-state index is 12.5. The molecule has 0 aliphatic heterocycles. The van der Waals surface area contributed by atoms with Crippen LogP contribution in [-0.2, 0) is 11.4 Å². The molecule has 0 radical (unpaired) electrons. The third-order valence-corrected chi connectivity index (χ3v) is 4.18. The lowest BCUT2D eigenvalue weighted by Gasteiger charge is -2.09. The number of rotatable bonds is 7. The number of carbonyl (C=O) groups is 2. The predicted octanol–water partition coefficient (Wildman–Crippen LogP) is 4.58. The lowest BCUT2D eigenvalue weighted by Crippen LogP contribution is -2.18. The van der Waals surface area contributed by atoms with Gasteiger partial charge in [0.2, 0.25) is 5.91 Å². The Balaban J connectivity index is 1.61. The van der Waals surface area contributed by atoms with E-state index in [2.05, 4.69) is 16.7 Å². The number of nitrogens with zero attached hydrogens (tertiary/aromatic N) is 1. The number of furan rings is 1. The van der Waals surface area contributed by atoms with Crippen LogP contribution in [0.2, 0.25) is 0 Å². The molecule has 7 heteroatoms. The average molecular weight is 403 g/mol. The zero-order valence-corrected chi connectivity index (χ0v) is 16.6. The smallest absolute Gasteiger partial charge is 0.291 e. The highest BCUT2D eigenvalue weighted by Gasteiger charge is 2.13. The maximum Gasteiger partial charge on any atom is 0.291 e. The Hall–Kier alpha value is -4.05. The molecule has 1 aromatic heterocycles. The van der Waals surface area contributed by atoms with Crippen molar-refractivity contribution >= 4 is 23.2 Å². The summed E-state index contributed by atoms with van der Waals surface area (Å²) in [6, 6.07) is 19.0. The minimum Gasteiger partial charge on any atom is -0.484 e. The highest BCUT2D eigenvalue weighted by atomic mass is 16.5. The summed E-state index contributed by atoms with van der Waals surface area (Å²) in [5.74, 6) is 0.345. The summed E-state index contributed by atoms with van der Waals surface area (Å²) in [6.45, 7) is 3.69. The predicted molar refractivity (Wildman–Crippen MR) is 112 cm³/mol. The molecule has 2 amide bonds. The Bertz CT molecular complexity index is 1100. The second kappa shape index (κ2) is 9.43. The second-order valence-corrected chi connectivity index (χ2v) is 6.84. The van der Waals surface area contributed by atoms with Crippen molar-refractivity contribution in [3.05, 3.63) is 77.7 Å². The van der Waals surface area contributed by atoms with Gasteiger partial charge in [0.1, 0.15) is 24.2 Å². The lowest BCUT2D eigenvalue weighted by atomic mass is 10.2. The molecule has 30 heavy (non-hydrogen) atoms. The molecule has 1 heterocycles. The van der Waals surface area contributed by atoms with Gasteiger partial charge in [0, 0.05) is 17.3 Å². The number of hydrogen-bond acceptors (Lipinski definition) is 5. The molecular formula is C23H21N3O4. The zero-order chi connectivity index (χ0) is 21.5. The van der Waals surface area contributed by atoms with Crippen LogP contribution in [0.5, 0.6) is 5.75 Å². The van der Waals surface area contributed by atoms with Crippen molar-refractivity contribution in [2.45, 2.75) is 20.5 Å². The van der Waals surface area contributed by atoms with E-state index in [9.17, 15) is 9.59 Å². The Morgan fingerprint density at radius 2 is 1.77 bits per heavy atom. The van der Waals surface area contributed by atoms with E-state index in [4.69, 9.17) is 14.4 Å². The minimum atomic E-state index is -0.425. The van der Waals surface area contributed by atoms with Gasteiger partial charge in [-0.3, -0.25) is 9.59 Å². The van der Waals surface area contributed by atoms with E-state index in [0.29, 0.717) is 28.4 Å². The summed E-state index contributed by atoms with van der Waals surface area (Å²) >= 11 is 0. The van der Waals surface area contributed by atoms with Crippen molar-refractivity contribution < 1.29 is 18.7 Å². The maximum absolute atomic E-state index is 12.5. The number of para-hydroxylation sites is 1. The fourth-order valence-electron chi connectivity index (χ4n) is 2.57. The summed E-state index contributed by atoms with van der Waals surface area (Å²) in [5.41, 5.74) is 1.54. The molecule has 0 fully saturated rings. The topological polar surface area (TPSA) is 104 Å². The van der Waals surface area contributed by atoms with Crippen LogP contribution in [0.1, 0.15) is 35.7 Å². The van der Waals surface area contributed by atoms with Crippen LogP contribution in [0.3, 0.4) is 0 Å². The minimum absolute atomic E-state index is 0.0860. The van der Waals surface area contributed by atoms with Gasteiger partial charge in [-0.05, 0) is 42.5 Å². The Morgan fingerprint density at radius 1 is 1.03 bits per heavy atom. The van der Waals surface area contributed by atoms with Crippen LogP contribution in [0, 0.1) is 17.2 Å². The molecule has 3 aromatic rings. The van der Waals surface area contributed by atoms with Crippen molar-refractivity contribution in [1.82, 2.24) is 0 Å². The molecular weight excluding hydrogens is 382 g/mol. The number of amides is 2. The normalized spacial score (nSPS) is 10.3. The molecule has 0 aliphatic carbocycles. The molecule has 0 saturated heterocycles. The van der Waals surface area contributed by atoms with Crippen molar-refractivity contribution in [3.63, 3.8) is 0 Å². The largest absolute Gasteiger partial charge is 0.484 e. The second-order valence-electron chi connectivity index (χ2n) is 6.84. The third kappa shape index (κ3) is 5.26. The summed E-state index contributed by atoms with van der Waals surface area (Å²) in [5, 5.41) is 14.6. The van der Waals surface area contributed by atoms with Gasteiger partial charge in [0.05, 0.1) is 5.56 Å². The van der Waals surface area contributed by atoms with E-state index in [1.54, 1.807) is 74.5 Å². The molecule has 0 spiro atoms. The molecule has 0 aliphatic rings. The summed E-state index contributed by atoms with van der Waals surface area (Å²) in [4.78, 5) is 24.3. The van der Waals surface area contributed by atoms with Crippen molar-refractivity contribution in [1.29, 1.82) is 5.26 Å². The van der Waals surface area contributed by atoms with Gasteiger partial charge in [-0.15, -0.1) is 0 Å². The highest BCUT2D eigenvalue weighted by molar-refractivity contribution is 6.02. The van der Waals surface area contributed by atoms with E-state index < -0.39 is 5.91 Å². The molecule has 0 bridgehead atoms. The Morgan fingerprint density at radius 3 is 2.50 bits per heavy atom. The van der Waals surface area contributed by atoms with Crippen LogP contribution in [0.15, 0.2) is 65.1 Å². The first-order chi connectivity index (χ1) is 14.5. The van der Waals surface area contributed by atoms with Gasteiger partial charge in [0.15, 0.2) is 5.76 Å². The number of anilines is 2. The number of nitrogens with one attached hydrogen (secondary N) is 2. The van der Waals surface area contributed by atoms with Crippen molar-refractivity contribution in [2.24, 2.45) is 5.92 Å². The number of hydrogen-bond donors (Lipinski definition) is 2. The van der Waals surface area contributed by atoms with Crippen molar-refractivity contribution in [3.8, 4) is 11.8 Å². The highest BCUT2D eigenvalue weighted by Crippen LogP contribution is 2.20. The van der Waals surface area contributed by atoms with Crippen LogP contribution in [0.25, 0.3) is 0 Å². The fraction of sp³-hybridized carbons (Fsp3) is 0.174. The van der Waals surface area contributed by atoms with Gasteiger partial charge in [-0.1, -0.05) is 32.0 Å². The summed E-state index contributed by atoms with van der Waals surface area (Å²) in [7, 11) is 0. The lowest BCUT2D eigenvalue weighted by molar-refractivity contribution is -0.118. The molecule has 3 rings (SSSR count). The fourth-order valence-corrected chi connectivity index (χ4v) is 2.57. The molecule has 2 N–H and O–H groups in total. The number of nitriles is 1. The van der Waals surface area contributed by atoms with Gasteiger partial charge in [-0.25, -0.2) is 0 Å². The van der Waals surface area contributed by atoms with E-state index in [1.165, 1.54) is 0 Å². The Kier molecular flexibility index (Phi) is 6.50. The van der Waals surface area contributed by atoms with Gasteiger partial charge in [-0.2, -0.15) is 5.26 Å². The van der Waals surface area contributed by atoms with Crippen molar-refractivity contribution in [2.75, 3.05) is 10.6 Å². The van der Waals surface area contributed by atoms with Gasteiger partial charge in [0.25, 0.3) is 5.91 Å². The number of carbonyl (C=O) groups excluding carboxylic acids is 2. The monoisotopic (exact) mass is 403 g/mol. The molecule has 0 unspecified atom stereocenters. The van der Waals surface area contributed by atoms with Crippen LogP contribution in [0.4, 0.5) is 11.4 Å². The number of benzene rings is 2. The van der Waals surface area contributed by atoms with E-state index in [1.807, 2.05) is 0 Å². The van der Waals surface area contributed by atoms with Crippen LogP contribution >= 0.6 is 0 Å². The average Bonchev–Trinajstić information content (AvgIpc) is 3.22. The molecule has 2 aromatic carbocycles. The summed E-state index contributed by atoms with van der Waals surface area (Å²) in [6.07, 6.45) is 0. The molecule has 0 atom stereocenters. The standard InChI is InChI=1S/C23H21N3O4/c1-15(2)22(27)25-17-7-5-8-18(12-17)26-23(28)21-11-10-19(30-21)14-29-20-9-4-3-6-16(20)13-24/h3-12,15H,14H2,1-2H3,(H,25,27)(H,26,28). The first-order valence-corrected chi connectivity index (χ1v) is 9.39. The van der Waals surface area contributed by atoms with E-state index in [-0.39, 0.29) is 24.2 Å². The quantitative estimate of drug-likeness (QED) is 0.601. The Labute approximate surface area is 174 Å². The van der Waals surface area contributed by atoms with Crippen LogP contribution < -0.4 is 15.4 Å². The molecule has 7 nitrogen and oxygen atoms in total. The van der Waals surface area contributed by atoms with Crippen LogP contribution in [-0.4, -0.2) is 11.8 Å². The third-order valence-electron chi connectivity index (χ3n) is 4.18. The first kappa shape index (κ1) is 20.7. The zero-order valence-electron chi connectivity index (χ0n) is 16.6. The van der Waals surface area contributed by atoms with E-state index >= 15 is 0 Å². The summed E-state index contributed by atoms with van der Waals surface area (Å²) < 4.78 is 11.2.